The molecule has 0 radical (unpaired) electrons. The first-order valence-electron chi connectivity index (χ1n) is 6.94. The maximum Gasteiger partial charge on any atom is 0.145 e. The average molecular weight is 269 g/mol. The molecule has 0 atom stereocenters. The molecular formula is C18H11N3. The van der Waals surface area contributed by atoms with Gasteiger partial charge in [0.25, 0.3) is 0 Å². The van der Waals surface area contributed by atoms with Gasteiger partial charge in [-0.1, -0.05) is 24.3 Å². The first kappa shape index (κ1) is 10.8. The second kappa shape index (κ2) is 3.79. The van der Waals surface area contributed by atoms with Crippen molar-refractivity contribution >= 4 is 38.1 Å². The summed E-state index contributed by atoms with van der Waals surface area (Å²) in [6.45, 7) is 0. The molecule has 5 rings (SSSR count). The van der Waals surface area contributed by atoms with Gasteiger partial charge in [0.05, 0.1) is 5.52 Å². The third-order valence-corrected chi connectivity index (χ3v) is 4.11. The third-order valence-electron chi connectivity index (χ3n) is 4.11. The highest BCUT2D eigenvalue weighted by Crippen LogP contribution is 2.33. The van der Waals surface area contributed by atoms with Gasteiger partial charge < -0.3 is 0 Å². The molecule has 0 saturated carbocycles. The minimum Gasteiger partial charge on any atom is -0.299 e. The van der Waals surface area contributed by atoms with E-state index in [1.807, 2.05) is 24.7 Å². The van der Waals surface area contributed by atoms with E-state index in [4.69, 9.17) is 0 Å². The Hall–Kier alpha value is -2.94. The zero-order valence-electron chi connectivity index (χ0n) is 11.2. The Bertz CT molecular complexity index is 1140. The maximum absolute atomic E-state index is 4.59. The van der Waals surface area contributed by atoms with Crippen LogP contribution < -0.4 is 0 Å². The zero-order chi connectivity index (χ0) is 13.8. The highest BCUT2D eigenvalue weighted by molar-refractivity contribution is 6.18. The smallest absolute Gasteiger partial charge is 0.145 e. The standard InChI is InChI=1S/C18H11N3/c1-2-5-13-12(4-1)11-21-17(13)14-7-9-19-10-16(14)15-6-3-8-20-18(15)21/h1-11H. The molecular weight excluding hydrogens is 258 g/mol. The molecule has 4 heterocycles. The van der Waals surface area contributed by atoms with Crippen LogP contribution in [0, 0.1) is 0 Å². The Labute approximate surface area is 120 Å². The summed E-state index contributed by atoms with van der Waals surface area (Å²) >= 11 is 0. The molecule has 1 aromatic carbocycles. The van der Waals surface area contributed by atoms with Crippen LogP contribution in [0.4, 0.5) is 0 Å². The molecule has 0 aliphatic carbocycles. The number of hydrogen-bond donors (Lipinski definition) is 0. The van der Waals surface area contributed by atoms with Crippen LogP contribution in [0.5, 0.6) is 0 Å². The molecule has 0 spiro atoms. The predicted octanol–water partition coefficient (Wildman–Crippen LogP) is 4.19. The fraction of sp³-hybridized carbons (Fsp3) is 0. The minimum absolute atomic E-state index is 0.976. The Kier molecular flexibility index (Phi) is 1.95. The van der Waals surface area contributed by atoms with Crippen molar-refractivity contribution in [3.05, 3.63) is 67.3 Å². The third kappa shape index (κ3) is 1.32. The van der Waals surface area contributed by atoms with Crippen molar-refractivity contribution < 1.29 is 0 Å². The number of aromatic nitrogens is 3. The summed E-state index contributed by atoms with van der Waals surface area (Å²) in [7, 11) is 0. The molecule has 0 N–H and O–H groups in total. The van der Waals surface area contributed by atoms with Gasteiger partial charge in [0.1, 0.15) is 5.65 Å². The van der Waals surface area contributed by atoms with Crippen molar-refractivity contribution in [2.24, 2.45) is 0 Å². The minimum atomic E-state index is 0.976. The zero-order valence-corrected chi connectivity index (χ0v) is 11.2. The lowest BCUT2D eigenvalue weighted by molar-refractivity contribution is 1.21. The van der Waals surface area contributed by atoms with E-state index in [0.29, 0.717) is 0 Å². The van der Waals surface area contributed by atoms with E-state index in [1.165, 1.54) is 21.7 Å². The lowest BCUT2D eigenvalue weighted by Crippen LogP contribution is -1.92. The topological polar surface area (TPSA) is 30.2 Å². The Balaban J connectivity index is 2.25. The molecule has 3 heteroatoms. The van der Waals surface area contributed by atoms with Gasteiger partial charge in [-0.25, -0.2) is 4.98 Å². The largest absolute Gasteiger partial charge is 0.299 e. The lowest BCUT2D eigenvalue weighted by atomic mass is 10.1. The second-order valence-corrected chi connectivity index (χ2v) is 5.23. The number of benzene rings is 1. The summed E-state index contributed by atoms with van der Waals surface area (Å²) in [5.74, 6) is 0. The van der Waals surface area contributed by atoms with E-state index >= 15 is 0 Å². The number of nitrogens with zero attached hydrogens (tertiary/aromatic N) is 3. The summed E-state index contributed by atoms with van der Waals surface area (Å²) in [6.07, 6.45) is 7.79. The summed E-state index contributed by atoms with van der Waals surface area (Å²) in [6, 6.07) is 14.6. The molecule has 0 bridgehead atoms. The summed E-state index contributed by atoms with van der Waals surface area (Å²) in [4.78, 5) is 8.89. The average Bonchev–Trinajstić information content (AvgIpc) is 2.95. The van der Waals surface area contributed by atoms with Crippen LogP contribution in [0.3, 0.4) is 0 Å². The molecule has 0 aliphatic rings. The van der Waals surface area contributed by atoms with Crippen molar-refractivity contribution in [3.63, 3.8) is 0 Å². The fourth-order valence-corrected chi connectivity index (χ4v) is 3.22. The van der Waals surface area contributed by atoms with Gasteiger partial charge in [-0.05, 0) is 18.2 Å². The van der Waals surface area contributed by atoms with E-state index in [0.717, 1.165) is 16.4 Å². The fourth-order valence-electron chi connectivity index (χ4n) is 3.22. The first-order chi connectivity index (χ1) is 10.4. The molecule has 98 valence electrons. The van der Waals surface area contributed by atoms with Gasteiger partial charge in [0.2, 0.25) is 0 Å². The Morgan fingerprint density at radius 3 is 2.67 bits per heavy atom. The van der Waals surface area contributed by atoms with Crippen molar-refractivity contribution in [1.82, 2.24) is 14.4 Å². The Morgan fingerprint density at radius 2 is 1.67 bits per heavy atom. The normalized spacial score (nSPS) is 11.8. The number of fused-ring (bicyclic) bond motifs is 8. The molecule has 5 aromatic rings. The number of hydrogen-bond acceptors (Lipinski definition) is 2. The van der Waals surface area contributed by atoms with Gasteiger partial charge >= 0.3 is 0 Å². The molecule has 0 aliphatic heterocycles. The van der Waals surface area contributed by atoms with Crippen LogP contribution in [0.1, 0.15) is 0 Å². The lowest BCUT2D eigenvalue weighted by Gasteiger charge is -2.07. The van der Waals surface area contributed by atoms with Crippen molar-refractivity contribution in [2.45, 2.75) is 0 Å². The van der Waals surface area contributed by atoms with Crippen molar-refractivity contribution in [3.8, 4) is 0 Å². The van der Waals surface area contributed by atoms with Gasteiger partial charge in [0.15, 0.2) is 0 Å². The Morgan fingerprint density at radius 1 is 0.762 bits per heavy atom. The quantitative estimate of drug-likeness (QED) is 0.395. The second-order valence-electron chi connectivity index (χ2n) is 5.23. The van der Waals surface area contributed by atoms with Crippen LogP contribution in [-0.4, -0.2) is 14.4 Å². The van der Waals surface area contributed by atoms with Crippen molar-refractivity contribution in [1.29, 1.82) is 0 Å². The van der Waals surface area contributed by atoms with E-state index in [1.54, 1.807) is 0 Å². The van der Waals surface area contributed by atoms with E-state index in [2.05, 4.69) is 57.0 Å². The summed E-state index contributed by atoms with van der Waals surface area (Å²) < 4.78 is 2.20. The predicted molar refractivity (Wildman–Crippen MR) is 85.5 cm³/mol. The highest BCUT2D eigenvalue weighted by atomic mass is 15.0. The van der Waals surface area contributed by atoms with Crippen LogP contribution in [0.25, 0.3) is 38.1 Å². The number of rotatable bonds is 0. The first-order valence-corrected chi connectivity index (χ1v) is 6.94. The van der Waals surface area contributed by atoms with Crippen LogP contribution in [0.2, 0.25) is 0 Å². The van der Waals surface area contributed by atoms with Gasteiger partial charge in [-0.3, -0.25) is 9.38 Å². The van der Waals surface area contributed by atoms with Gasteiger partial charge in [-0.15, -0.1) is 0 Å². The highest BCUT2D eigenvalue weighted by Gasteiger charge is 2.12. The summed E-state index contributed by atoms with van der Waals surface area (Å²) in [5.41, 5.74) is 2.18. The SMILES string of the molecule is c1ccc2c(c1)cn1c3ncccc3c3cnccc3c21. The number of pyridine rings is 3. The molecule has 21 heavy (non-hydrogen) atoms. The molecule has 0 fully saturated rings. The van der Waals surface area contributed by atoms with Gasteiger partial charge in [-0.2, -0.15) is 0 Å². The molecule has 3 nitrogen and oxygen atoms in total. The van der Waals surface area contributed by atoms with Crippen LogP contribution >= 0.6 is 0 Å². The van der Waals surface area contributed by atoms with Crippen molar-refractivity contribution in [2.75, 3.05) is 0 Å². The van der Waals surface area contributed by atoms with E-state index < -0.39 is 0 Å². The molecule has 4 aromatic heterocycles. The monoisotopic (exact) mass is 269 g/mol. The summed E-state index contributed by atoms with van der Waals surface area (Å²) in [5, 5.41) is 5.98. The molecule has 0 amide bonds. The molecule has 0 saturated heterocycles. The van der Waals surface area contributed by atoms with Crippen LogP contribution in [0.15, 0.2) is 67.3 Å². The van der Waals surface area contributed by atoms with Crippen LogP contribution in [-0.2, 0) is 0 Å². The van der Waals surface area contributed by atoms with Gasteiger partial charge in [0, 0.05) is 51.7 Å². The maximum atomic E-state index is 4.59. The van der Waals surface area contributed by atoms with E-state index in [-0.39, 0.29) is 0 Å². The van der Waals surface area contributed by atoms with E-state index in [9.17, 15) is 0 Å². The molecule has 0 unspecified atom stereocenters.